The summed E-state index contributed by atoms with van der Waals surface area (Å²) in [6.45, 7) is 2.75. The maximum Gasteiger partial charge on any atom is 0.222 e. The number of rotatable bonds is 6. The van der Waals surface area contributed by atoms with E-state index in [1.807, 2.05) is 29.2 Å². The van der Waals surface area contributed by atoms with Crippen molar-refractivity contribution in [1.82, 2.24) is 9.80 Å². The van der Waals surface area contributed by atoms with E-state index in [0.717, 1.165) is 43.9 Å². The number of ether oxygens (including phenoxy) is 2. The topological polar surface area (TPSA) is 42.0 Å². The van der Waals surface area contributed by atoms with Gasteiger partial charge in [0, 0.05) is 38.4 Å². The Morgan fingerprint density at radius 1 is 1.08 bits per heavy atom. The molecule has 0 bridgehead atoms. The first kappa shape index (κ1) is 19.0. The first-order valence-electron chi connectivity index (χ1n) is 9.95. The molecule has 0 aliphatic carbocycles. The number of carbonyl (C=O) groups excluding carboxylic acids is 1. The van der Waals surface area contributed by atoms with E-state index >= 15 is 0 Å². The average Bonchev–Trinajstić information content (AvgIpc) is 2.68. The summed E-state index contributed by atoms with van der Waals surface area (Å²) in [5.41, 5.74) is 0. The van der Waals surface area contributed by atoms with Crippen molar-refractivity contribution < 1.29 is 14.3 Å². The van der Waals surface area contributed by atoms with Crippen LogP contribution in [0.4, 0.5) is 0 Å². The maximum absolute atomic E-state index is 12.6. The van der Waals surface area contributed by atoms with Crippen LogP contribution in [0.5, 0.6) is 11.5 Å². The van der Waals surface area contributed by atoms with Crippen LogP contribution in [0.3, 0.4) is 0 Å². The molecule has 0 spiro atoms. The summed E-state index contributed by atoms with van der Waals surface area (Å²) in [5.74, 6) is 1.86. The molecule has 1 aromatic carbocycles. The van der Waals surface area contributed by atoms with Gasteiger partial charge in [-0.05, 0) is 45.0 Å². The lowest BCUT2D eigenvalue weighted by molar-refractivity contribution is -0.133. The predicted octanol–water partition coefficient (Wildman–Crippen LogP) is 3.33. The maximum atomic E-state index is 12.6. The van der Waals surface area contributed by atoms with Gasteiger partial charge in [0.15, 0.2) is 11.5 Å². The van der Waals surface area contributed by atoms with Crippen molar-refractivity contribution >= 4 is 5.91 Å². The third kappa shape index (κ3) is 4.91. The van der Waals surface area contributed by atoms with Gasteiger partial charge in [0.2, 0.25) is 5.91 Å². The summed E-state index contributed by atoms with van der Waals surface area (Å²) >= 11 is 0. The SMILES string of the molecule is COc1ccccc1OC1CCN(C(=O)CCC2CCCCN2C)CC1. The van der Waals surface area contributed by atoms with Crippen molar-refractivity contribution in [2.75, 3.05) is 33.8 Å². The number of hydrogen-bond donors (Lipinski definition) is 0. The van der Waals surface area contributed by atoms with Crippen LogP contribution in [0.2, 0.25) is 0 Å². The number of hydrogen-bond acceptors (Lipinski definition) is 4. The minimum atomic E-state index is 0.153. The van der Waals surface area contributed by atoms with Gasteiger partial charge in [-0.25, -0.2) is 0 Å². The smallest absolute Gasteiger partial charge is 0.222 e. The molecular weight excluding hydrogens is 328 g/mol. The number of carbonyl (C=O) groups is 1. The average molecular weight is 360 g/mol. The molecule has 2 fully saturated rings. The molecule has 5 nitrogen and oxygen atoms in total. The number of para-hydroxylation sites is 2. The summed E-state index contributed by atoms with van der Waals surface area (Å²) < 4.78 is 11.5. The van der Waals surface area contributed by atoms with E-state index in [9.17, 15) is 4.79 Å². The molecule has 2 heterocycles. The van der Waals surface area contributed by atoms with E-state index in [-0.39, 0.29) is 6.10 Å². The fourth-order valence-corrected chi connectivity index (χ4v) is 4.08. The first-order valence-corrected chi connectivity index (χ1v) is 9.95. The zero-order valence-corrected chi connectivity index (χ0v) is 16.2. The van der Waals surface area contributed by atoms with Crippen LogP contribution in [0, 0.1) is 0 Å². The molecule has 0 saturated carbocycles. The highest BCUT2D eigenvalue weighted by molar-refractivity contribution is 5.76. The van der Waals surface area contributed by atoms with Gasteiger partial charge in [-0.15, -0.1) is 0 Å². The quantitative estimate of drug-likeness (QED) is 0.780. The lowest BCUT2D eigenvalue weighted by atomic mass is 9.98. The molecule has 1 unspecified atom stereocenters. The van der Waals surface area contributed by atoms with Gasteiger partial charge >= 0.3 is 0 Å². The van der Waals surface area contributed by atoms with E-state index < -0.39 is 0 Å². The summed E-state index contributed by atoms with van der Waals surface area (Å²) in [4.78, 5) is 17.0. The summed E-state index contributed by atoms with van der Waals surface area (Å²) in [5, 5.41) is 0. The Kier molecular flexibility index (Phi) is 6.78. The minimum Gasteiger partial charge on any atom is -0.493 e. The number of benzene rings is 1. The highest BCUT2D eigenvalue weighted by Crippen LogP contribution is 2.29. The van der Waals surface area contributed by atoms with E-state index in [0.29, 0.717) is 18.4 Å². The van der Waals surface area contributed by atoms with Crippen LogP contribution < -0.4 is 9.47 Å². The molecule has 2 saturated heterocycles. The molecule has 2 aliphatic heterocycles. The molecule has 0 aromatic heterocycles. The van der Waals surface area contributed by atoms with Crippen LogP contribution >= 0.6 is 0 Å². The van der Waals surface area contributed by atoms with Crippen LogP contribution in [-0.2, 0) is 4.79 Å². The number of nitrogens with zero attached hydrogens (tertiary/aromatic N) is 2. The summed E-state index contributed by atoms with van der Waals surface area (Å²) in [7, 11) is 3.85. The van der Waals surface area contributed by atoms with Crippen molar-refractivity contribution in [3.63, 3.8) is 0 Å². The number of piperidine rings is 2. The Morgan fingerprint density at radius 2 is 1.81 bits per heavy atom. The Morgan fingerprint density at radius 3 is 2.50 bits per heavy atom. The van der Waals surface area contributed by atoms with Crippen molar-refractivity contribution in [2.24, 2.45) is 0 Å². The number of methoxy groups -OCH3 is 1. The molecule has 3 rings (SSSR count). The van der Waals surface area contributed by atoms with Crippen LogP contribution in [0.25, 0.3) is 0 Å². The normalized spacial score (nSPS) is 22.2. The van der Waals surface area contributed by atoms with E-state index in [1.165, 1.54) is 25.8 Å². The first-order chi connectivity index (χ1) is 12.7. The Labute approximate surface area is 157 Å². The second-order valence-electron chi connectivity index (χ2n) is 7.52. The number of amides is 1. The van der Waals surface area contributed by atoms with E-state index in [2.05, 4.69) is 11.9 Å². The molecule has 0 N–H and O–H groups in total. The number of likely N-dealkylation sites (tertiary alicyclic amines) is 2. The predicted molar refractivity (Wildman–Crippen MR) is 103 cm³/mol. The minimum absolute atomic E-state index is 0.153. The Hall–Kier alpha value is -1.75. The fraction of sp³-hybridized carbons (Fsp3) is 0.667. The lowest BCUT2D eigenvalue weighted by Crippen LogP contribution is -2.43. The second kappa shape index (κ2) is 9.26. The highest BCUT2D eigenvalue weighted by atomic mass is 16.5. The van der Waals surface area contributed by atoms with Gasteiger partial charge in [0.1, 0.15) is 6.10 Å². The largest absolute Gasteiger partial charge is 0.493 e. The lowest BCUT2D eigenvalue weighted by Gasteiger charge is -2.34. The third-order valence-electron chi connectivity index (χ3n) is 5.77. The molecule has 26 heavy (non-hydrogen) atoms. The monoisotopic (exact) mass is 360 g/mol. The van der Waals surface area contributed by atoms with Gasteiger partial charge in [0.05, 0.1) is 7.11 Å². The van der Waals surface area contributed by atoms with Gasteiger partial charge in [-0.1, -0.05) is 18.6 Å². The molecule has 0 radical (unpaired) electrons. The molecule has 1 amide bonds. The van der Waals surface area contributed by atoms with Gasteiger partial charge in [-0.3, -0.25) is 4.79 Å². The Bertz CT molecular complexity index is 584. The zero-order valence-electron chi connectivity index (χ0n) is 16.2. The van der Waals surface area contributed by atoms with E-state index in [1.54, 1.807) is 7.11 Å². The van der Waals surface area contributed by atoms with E-state index in [4.69, 9.17) is 9.47 Å². The fourth-order valence-electron chi connectivity index (χ4n) is 4.08. The zero-order chi connectivity index (χ0) is 18.4. The van der Waals surface area contributed by atoms with Crippen molar-refractivity contribution in [2.45, 2.75) is 57.1 Å². The van der Waals surface area contributed by atoms with Gasteiger partial charge < -0.3 is 19.3 Å². The van der Waals surface area contributed by atoms with Gasteiger partial charge in [0.25, 0.3) is 0 Å². The van der Waals surface area contributed by atoms with Crippen LogP contribution in [0.15, 0.2) is 24.3 Å². The third-order valence-corrected chi connectivity index (χ3v) is 5.77. The molecular formula is C21H32N2O3. The van der Waals surface area contributed by atoms with Crippen molar-refractivity contribution in [1.29, 1.82) is 0 Å². The molecule has 144 valence electrons. The molecule has 1 aromatic rings. The van der Waals surface area contributed by atoms with Crippen molar-refractivity contribution in [3.05, 3.63) is 24.3 Å². The molecule has 2 aliphatic rings. The summed E-state index contributed by atoms with van der Waals surface area (Å²) in [6.07, 6.45) is 7.41. The van der Waals surface area contributed by atoms with Crippen LogP contribution in [-0.4, -0.2) is 61.6 Å². The highest BCUT2D eigenvalue weighted by Gasteiger charge is 2.26. The molecule has 1 atom stereocenters. The van der Waals surface area contributed by atoms with Gasteiger partial charge in [-0.2, -0.15) is 0 Å². The second-order valence-corrected chi connectivity index (χ2v) is 7.52. The standard InChI is InChI=1S/C21H32N2O3/c1-22-14-6-5-7-17(22)10-11-21(24)23-15-12-18(13-16-23)26-20-9-4-3-8-19(20)25-2/h3-4,8-9,17-18H,5-7,10-16H2,1-2H3. The molecule has 5 heteroatoms. The van der Waals surface area contributed by atoms with Crippen LogP contribution in [0.1, 0.15) is 44.9 Å². The summed E-state index contributed by atoms with van der Waals surface area (Å²) in [6, 6.07) is 8.34. The Balaban J connectivity index is 1.42. The van der Waals surface area contributed by atoms with Crippen molar-refractivity contribution in [3.8, 4) is 11.5 Å².